The first kappa shape index (κ1) is 12.5. The van der Waals surface area contributed by atoms with E-state index in [1.54, 1.807) is 0 Å². The highest BCUT2D eigenvalue weighted by atomic mass is 15.1. The molecule has 0 aromatic carbocycles. The highest BCUT2D eigenvalue weighted by Crippen LogP contribution is 2.13. The molecule has 94 valence electrons. The first-order valence-electron chi connectivity index (χ1n) is 6.70. The molecule has 1 saturated heterocycles. The summed E-state index contributed by atoms with van der Waals surface area (Å²) in [5.41, 5.74) is 1.32. The molecule has 17 heavy (non-hydrogen) atoms. The van der Waals surface area contributed by atoms with E-state index in [0.29, 0.717) is 0 Å². The van der Waals surface area contributed by atoms with E-state index >= 15 is 0 Å². The Labute approximate surface area is 104 Å². The maximum atomic E-state index is 4.18. The molecule has 1 aromatic rings. The second-order valence-electron chi connectivity index (χ2n) is 4.90. The lowest BCUT2D eigenvalue weighted by molar-refractivity contribution is 0.209. The molecule has 3 nitrogen and oxygen atoms in total. The van der Waals surface area contributed by atoms with Crippen LogP contribution in [0.2, 0.25) is 0 Å². The molecule has 0 radical (unpaired) electrons. The van der Waals surface area contributed by atoms with Crippen molar-refractivity contribution < 1.29 is 0 Å². The van der Waals surface area contributed by atoms with Crippen LogP contribution >= 0.6 is 0 Å². The molecule has 0 aliphatic carbocycles. The van der Waals surface area contributed by atoms with Crippen LogP contribution in [0.25, 0.3) is 0 Å². The van der Waals surface area contributed by atoms with Crippen LogP contribution in [-0.4, -0.2) is 36.1 Å². The van der Waals surface area contributed by atoms with Crippen LogP contribution in [0.15, 0.2) is 24.5 Å². The normalized spacial score (nSPS) is 20.7. The van der Waals surface area contributed by atoms with Gasteiger partial charge in [0.2, 0.25) is 0 Å². The fraction of sp³-hybridized carbons (Fsp3) is 0.643. The van der Waals surface area contributed by atoms with Crippen LogP contribution in [-0.2, 0) is 6.54 Å². The maximum absolute atomic E-state index is 4.18. The molecule has 1 N–H and O–H groups in total. The molecule has 2 rings (SSSR count). The van der Waals surface area contributed by atoms with E-state index < -0.39 is 0 Å². The molecule has 0 spiro atoms. The summed E-state index contributed by atoms with van der Waals surface area (Å²) in [5, 5.41) is 3.49. The number of hydrogen-bond donors (Lipinski definition) is 1. The Hall–Kier alpha value is -0.930. The fourth-order valence-electron chi connectivity index (χ4n) is 2.50. The lowest BCUT2D eigenvalue weighted by Crippen LogP contribution is -2.38. The van der Waals surface area contributed by atoms with Gasteiger partial charge in [-0.2, -0.15) is 0 Å². The SMILES string of the molecule is CCN(Cc1cccnc1)CC1CCCNC1. The van der Waals surface area contributed by atoms with Gasteiger partial charge in [-0.05, 0) is 50.0 Å². The highest BCUT2D eigenvalue weighted by Gasteiger charge is 2.16. The van der Waals surface area contributed by atoms with Gasteiger partial charge in [0.05, 0.1) is 0 Å². The van der Waals surface area contributed by atoms with E-state index in [1.807, 2.05) is 18.5 Å². The number of hydrogen-bond acceptors (Lipinski definition) is 3. The minimum atomic E-state index is 0.820. The zero-order valence-electron chi connectivity index (χ0n) is 10.7. The van der Waals surface area contributed by atoms with E-state index in [1.165, 1.54) is 38.0 Å². The molecule has 3 heteroatoms. The minimum Gasteiger partial charge on any atom is -0.316 e. The Morgan fingerprint density at radius 2 is 2.47 bits per heavy atom. The van der Waals surface area contributed by atoms with Crippen LogP contribution in [0.4, 0.5) is 0 Å². The topological polar surface area (TPSA) is 28.2 Å². The van der Waals surface area contributed by atoms with Gasteiger partial charge in [0.25, 0.3) is 0 Å². The van der Waals surface area contributed by atoms with Gasteiger partial charge in [0.15, 0.2) is 0 Å². The van der Waals surface area contributed by atoms with Gasteiger partial charge in [-0.25, -0.2) is 0 Å². The summed E-state index contributed by atoms with van der Waals surface area (Å²) in [4.78, 5) is 6.70. The summed E-state index contributed by atoms with van der Waals surface area (Å²) in [6.45, 7) is 7.98. The lowest BCUT2D eigenvalue weighted by atomic mass is 9.99. The van der Waals surface area contributed by atoms with Crippen molar-refractivity contribution in [3.63, 3.8) is 0 Å². The monoisotopic (exact) mass is 233 g/mol. The first-order valence-corrected chi connectivity index (χ1v) is 6.70. The van der Waals surface area contributed by atoms with Crippen molar-refractivity contribution in [1.29, 1.82) is 0 Å². The summed E-state index contributed by atoms with van der Waals surface area (Å²) in [7, 11) is 0. The van der Waals surface area contributed by atoms with E-state index in [2.05, 4.69) is 28.2 Å². The number of nitrogens with one attached hydrogen (secondary N) is 1. The number of piperidine rings is 1. The van der Waals surface area contributed by atoms with Crippen molar-refractivity contribution in [3.05, 3.63) is 30.1 Å². The average Bonchev–Trinajstić information content (AvgIpc) is 2.40. The van der Waals surface area contributed by atoms with Crippen LogP contribution in [0, 0.1) is 5.92 Å². The second-order valence-corrected chi connectivity index (χ2v) is 4.90. The molecule has 2 heterocycles. The summed E-state index contributed by atoms with van der Waals surface area (Å²) >= 11 is 0. The predicted octanol–water partition coefficient (Wildman–Crippen LogP) is 1.90. The van der Waals surface area contributed by atoms with Crippen molar-refractivity contribution >= 4 is 0 Å². The molecule has 1 aliphatic heterocycles. The third-order valence-corrected chi connectivity index (χ3v) is 3.49. The molecule has 0 amide bonds. The smallest absolute Gasteiger partial charge is 0.0312 e. The fourth-order valence-corrected chi connectivity index (χ4v) is 2.50. The molecule has 1 fully saturated rings. The van der Waals surface area contributed by atoms with Gasteiger partial charge in [-0.3, -0.25) is 9.88 Å². The van der Waals surface area contributed by atoms with Crippen LogP contribution in [0.5, 0.6) is 0 Å². The predicted molar refractivity (Wildman–Crippen MR) is 70.8 cm³/mol. The van der Waals surface area contributed by atoms with Gasteiger partial charge in [-0.1, -0.05) is 13.0 Å². The summed E-state index contributed by atoms with van der Waals surface area (Å²) in [5.74, 6) is 0.820. The zero-order valence-corrected chi connectivity index (χ0v) is 10.7. The zero-order chi connectivity index (χ0) is 11.9. The minimum absolute atomic E-state index is 0.820. The molecule has 1 aliphatic rings. The number of pyridine rings is 1. The largest absolute Gasteiger partial charge is 0.316 e. The highest BCUT2D eigenvalue weighted by molar-refractivity contribution is 5.08. The van der Waals surface area contributed by atoms with Crippen LogP contribution < -0.4 is 5.32 Å². The molecule has 1 unspecified atom stereocenters. The third kappa shape index (κ3) is 4.10. The maximum Gasteiger partial charge on any atom is 0.0312 e. The van der Waals surface area contributed by atoms with E-state index in [9.17, 15) is 0 Å². The van der Waals surface area contributed by atoms with E-state index in [0.717, 1.165) is 19.0 Å². The molecule has 1 aromatic heterocycles. The van der Waals surface area contributed by atoms with Crippen molar-refractivity contribution in [2.75, 3.05) is 26.2 Å². The second kappa shape index (κ2) is 6.72. The third-order valence-electron chi connectivity index (χ3n) is 3.49. The van der Waals surface area contributed by atoms with Gasteiger partial charge in [0, 0.05) is 25.5 Å². The Bertz CT molecular complexity index is 307. The van der Waals surface area contributed by atoms with Crippen molar-refractivity contribution in [1.82, 2.24) is 15.2 Å². The summed E-state index contributed by atoms with van der Waals surface area (Å²) in [6, 6.07) is 4.18. The molecular formula is C14H23N3. The van der Waals surface area contributed by atoms with Crippen molar-refractivity contribution in [3.8, 4) is 0 Å². The Morgan fingerprint density at radius 1 is 1.53 bits per heavy atom. The van der Waals surface area contributed by atoms with Crippen LogP contribution in [0.3, 0.4) is 0 Å². The number of aromatic nitrogens is 1. The lowest BCUT2D eigenvalue weighted by Gasteiger charge is -2.29. The van der Waals surface area contributed by atoms with Crippen LogP contribution in [0.1, 0.15) is 25.3 Å². The summed E-state index contributed by atoms with van der Waals surface area (Å²) in [6.07, 6.45) is 6.51. The quantitative estimate of drug-likeness (QED) is 0.842. The Morgan fingerprint density at radius 3 is 3.12 bits per heavy atom. The molecule has 0 bridgehead atoms. The standard InChI is InChI=1S/C14H23N3/c1-2-17(11-13-5-3-7-15-9-13)12-14-6-4-8-16-10-14/h3,5,7,9,14,16H,2,4,6,8,10-12H2,1H3. The van der Waals surface area contributed by atoms with E-state index in [4.69, 9.17) is 0 Å². The molecular weight excluding hydrogens is 210 g/mol. The summed E-state index contributed by atoms with van der Waals surface area (Å²) < 4.78 is 0. The van der Waals surface area contributed by atoms with E-state index in [-0.39, 0.29) is 0 Å². The van der Waals surface area contributed by atoms with Gasteiger partial charge < -0.3 is 5.32 Å². The Kier molecular flexibility index (Phi) is 4.95. The van der Waals surface area contributed by atoms with Crippen molar-refractivity contribution in [2.24, 2.45) is 5.92 Å². The van der Waals surface area contributed by atoms with Crippen molar-refractivity contribution in [2.45, 2.75) is 26.3 Å². The molecule has 1 atom stereocenters. The first-order chi connectivity index (χ1) is 8.38. The number of nitrogens with zero attached hydrogens (tertiary/aromatic N) is 2. The van der Waals surface area contributed by atoms with Gasteiger partial charge in [0.1, 0.15) is 0 Å². The van der Waals surface area contributed by atoms with Gasteiger partial charge >= 0.3 is 0 Å². The number of rotatable bonds is 5. The molecule has 0 saturated carbocycles. The van der Waals surface area contributed by atoms with Gasteiger partial charge in [-0.15, -0.1) is 0 Å². The average molecular weight is 233 g/mol. The Balaban J connectivity index is 1.83.